The molecule has 3 heterocycles. The standard InChI is InChI=1S/C18H25BrN6O5/c1-5-11-13(22-6-8-23(9-7-22)17(29)30-18(2,3)4)14(28)25-16(20-15(19)21-25)24(11)10-12(26)27/h5-10H2,1-4H3,(H,26,27). The van der Waals surface area contributed by atoms with Crippen LogP contribution in [0.5, 0.6) is 0 Å². The maximum atomic E-state index is 13.2. The summed E-state index contributed by atoms with van der Waals surface area (Å²) in [6.07, 6.45) is 0.0438. The number of nitrogens with zero attached hydrogens (tertiary/aromatic N) is 6. The molecule has 2 aromatic rings. The lowest BCUT2D eigenvalue weighted by molar-refractivity contribution is -0.137. The summed E-state index contributed by atoms with van der Waals surface area (Å²) in [7, 11) is 0. The van der Waals surface area contributed by atoms with Gasteiger partial charge >= 0.3 is 12.1 Å². The number of rotatable bonds is 4. The number of piperazine rings is 1. The average molecular weight is 485 g/mol. The minimum absolute atomic E-state index is 0.169. The Hall–Kier alpha value is -2.63. The predicted octanol–water partition coefficient (Wildman–Crippen LogP) is 1.36. The quantitative estimate of drug-likeness (QED) is 0.689. The van der Waals surface area contributed by atoms with Crippen molar-refractivity contribution in [3.05, 3.63) is 20.8 Å². The van der Waals surface area contributed by atoms with Gasteiger partial charge in [-0.05, 0) is 43.1 Å². The molecule has 1 aliphatic heterocycles. The second kappa shape index (κ2) is 8.25. The van der Waals surface area contributed by atoms with E-state index in [1.807, 2.05) is 32.6 Å². The van der Waals surface area contributed by atoms with Crippen LogP contribution in [0.25, 0.3) is 5.78 Å². The number of carboxylic acids is 1. The number of anilines is 1. The van der Waals surface area contributed by atoms with Gasteiger partial charge in [-0.1, -0.05) is 6.92 Å². The normalized spacial score (nSPS) is 15.0. The molecule has 0 saturated carbocycles. The Balaban J connectivity index is 1.97. The van der Waals surface area contributed by atoms with Crippen LogP contribution < -0.4 is 10.5 Å². The Labute approximate surface area is 181 Å². The molecule has 0 spiro atoms. The molecule has 1 fully saturated rings. The van der Waals surface area contributed by atoms with Crippen LogP contribution in [-0.2, 0) is 22.5 Å². The number of carboxylic acid groups (broad SMARTS) is 1. The molecule has 2 aromatic heterocycles. The van der Waals surface area contributed by atoms with Gasteiger partial charge in [0.1, 0.15) is 17.8 Å². The van der Waals surface area contributed by atoms with Crippen molar-refractivity contribution in [1.82, 2.24) is 24.1 Å². The van der Waals surface area contributed by atoms with Crippen molar-refractivity contribution in [3.8, 4) is 0 Å². The van der Waals surface area contributed by atoms with E-state index in [-0.39, 0.29) is 22.6 Å². The molecular weight excluding hydrogens is 460 g/mol. The fourth-order valence-electron chi connectivity index (χ4n) is 3.48. The first-order valence-corrected chi connectivity index (χ1v) is 10.4. The van der Waals surface area contributed by atoms with E-state index in [0.29, 0.717) is 44.0 Å². The highest BCUT2D eigenvalue weighted by molar-refractivity contribution is 9.10. The van der Waals surface area contributed by atoms with Crippen molar-refractivity contribution in [2.75, 3.05) is 31.1 Å². The van der Waals surface area contributed by atoms with E-state index in [2.05, 4.69) is 26.0 Å². The first-order chi connectivity index (χ1) is 14.0. The summed E-state index contributed by atoms with van der Waals surface area (Å²) in [5, 5.41) is 13.5. The van der Waals surface area contributed by atoms with E-state index in [0.717, 1.165) is 4.52 Å². The highest BCUT2D eigenvalue weighted by Gasteiger charge is 2.30. The van der Waals surface area contributed by atoms with Crippen LogP contribution in [0.3, 0.4) is 0 Å². The van der Waals surface area contributed by atoms with Crippen LogP contribution in [-0.4, -0.2) is 73.0 Å². The number of aromatic nitrogens is 4. The second-order valence-electron chi connectivity index (χ2n) is 7.98. The van der Waals surface area contributed by atoms with Gasteiger partial charge in [0.25, 0.3) is 5.56 Å². The highest BCUT2D eigenvalue weighted by Crippen LogP contribution is 2.22. The highest BCUT2D eigenvalue weighted by atomic mass is 79.9. The zero-order valence-electron chi connectivity index (χ0n) is 17.4. The third-order valence-corrected chi connectivity index (χ3v) is 5.01. The molecule has 1 N–H and O–H groups in total. The van der Waals surface area contributed by atoms with Crippen LogP contribution in [0.4, 0.5) is 10.5 Å². The Morgan fingerprint density at radius 3 is 2.37 bits per heavy atom. The monoisotopic (exact) mass is 484 g/mol. The molecule has 164 valence electrons. The van der Waals surface area contributed by atoms with Crippen molar-refractivity contribution in [2.45, 2.75) is 46.3 Å². The molecule has 0 aliphatic carbocycles. The van der Waals surface area contributed by atoms with Gasteiger partial charge in [0.2, 0.25) is 10.5 Å². The molecule has 0 unspecified atom stereocenters. The third-order valence-electron chi connectivity index (χ3n) is 4.68. The lowest BCUT2D eigenvalue weighted by Crippen LogP contribution is -2.51. The molecule has 0 aromatic carbocycles. The number of fused-ring (bicyclic) bond motifs is 1. The molecule has 12 heteroatoms. The smallest absolute Gasteiger partial charge is 0.410 e. The molecule has 0 radical (unpaired) electrons. The summed E-state index contributed by atoms with van der Waals surface area (Å²) in [5.74, 6) is -0.877. The molecule has 1 saturated heterocycles. The van der Waals surface area contributed by atoms with E-state index in [1.165, 1.54) is 4.57 Å². The molecular formula is C18H25BrN6O5. The maximum Gasteiger partial charge on any atom is 0.410 e. The predicted molar refractivity (Wildman–Crippen MR) is 112 cm³/mol. The van der Waals surface area contributed by atoms with Crippen molar-refractivity contribution in [2.24, 2.45) is 0 Å². The van der Waals surface area contributed by atoms with Crippen LogP contribution in [0.15, 0.2) is 9.53 Å². The average Bonchev–Trinajstić information content (AvgIpc) is 3.04. The van der Waals surface area contributed by atoms with Gasteiger partial charge in [0.15, 0.2) is 0 Å². The number of carbonyl (C=O) groups excluding carboxylic acids is 1. The van der Waals surface area contributed by atoms with Gasteiger partial charge in [-0.3, -0.25) is 9.59 Å². The van der Waals surface area contributed by atoms with E-state index >= 15 is 0 Å². The SMILES string of the molecule is CCc1c(N2CCN(C(=O)OC(C)(C)C)CC2)c(=O)n2nc(Br)nc2n1CC(=O)O. The van der Waals surface area contributed by atoms with Crippen LogP contribution in [0.2, 0.25) is 0 Å². The summed E-state index contributed by atoms with van der Waals surface area (Å²) in [5.41, 5.74) is 0.0000600. The number of amides is 1. The fourth-order valence-corrected chi connectivity index (χ4v) is 3.80. The summed E-state index contributed by atoms with van der Waals surface area (Å²) >= 11 is 3.16. The fraction of sp³-hybridized carbons (Fsp3) is 0.611. The molecule has 11 nitrogen and oxygen atoms in total. The molecule has 0 bridgehead atoms. The van der Waals surface area contributed by atoms with Crippen molar-refractivity contribution >= 4 is 39.5 Å². The summed E-state index contributed by atoms with van der Waals surface area (Å²) in [6.45, 7) is 8.54. The van der Waals surface area contributed by atoms with Gasteiger partial charge in [-0.25, -0.2) is 4.79 Å². The summed E-state index contributed by atoms with van der Waals surface area (Å²) < 4.78 is 8.23. The van der Waals surface area contributed by atoms with Crippen LogP contribution in [0.1, 0.15) is 33.4 Å². The Morgan fingerprint density at radius 2 is 1.83 bits per heavy atom. The maximum absolute atomic E-state index is 13.2. The number of halogens is 1. The molecule has 0 atom stereocenters. The van der Waals surface area contributed by atoms with E-state index in [1.54, 1.807) is 4.90 Å². The molecule has 30 heavy (non-hydrogen) atoms. The van der Waals surface area contributed by atoms with Crippen molar-refractivity contribution in [1.29, 1.82) is 0 Å². The number of hydrogen-bond donors (Lipinski definition) is 1. The largest absolute Gasteiger partial charge is 0.480 e. The third kappa shape index (κ3) is 4.42. The lowest BCUT2D eigenvalue weighted by atomic mass is 10.2. The minimum atomic E-state index is -1.05. The first-order valence-electron chi connectivity index (χ1n) is 9.64. The number of aliphatic carboxylic acids is 1. The van der Waals surface area contributed by atoms with Crippen LogP contribution >= 0.6 is 15.9 Å². The summed E-state index contributed by atoms with van der Waals surface area (Å²) in [4.78, 5) is 44.6. The molecule has 1 amide bonds. The van der Waals surface area contributed by atoms with Gasteiger partial charge in [0, 0.05) is 26.2 Å². The Bertz CT molecular complexity index is 1030. The van der Waals surface area contributed by atoms with E-state index in [9.17, 15) is 19.5 Å². The Morgan fingerprint density at radius 1 is 1.20 bits per heavy atom. The lowest BCUT2D eigenvalue weighted by Gasteiger charge is -2.37. The van der Waals surface area contributed by atoms with Crippen molar-refractivity contribution in [3.63, 3.8) is 0 Å². The van der Waals surface area contributed by atoms with Crippen LogP contribution in [0, 0.1) is 0 Å². The minimum Gasteiger partial charge on any atom is -0.480 e. The first kappa shape index (κ1) is 22.1. The molecule has 1 aliphatic rings. The molecule has 3 rings (SSSR count). The Kier molecular flexibility index (Phi) is 6.06. The van der Waals surface area contributed by atoms with Gasteiger partial charge in [-0.15, -0.1) is 5.10 Å². The topological polar surface area (TPSA) is 122 Å². The second-order valence-corrected chi connectivity index (χ2v) is 8.69. The van der Waals surface area contributed by atoms with E-state index < -0.39 is 17.7 Å². The zero-order valence-corrected chi connectivity index (χ0v) is 19.0. The zero-order chi connectivity index (χ0) is 22.2. The van der Waals surface area contributed by atoms with Gasteiger partial charge in [-0.2, -0.15) is 9.50 Å². The number of hydrogen-bond acceptors (Lipinski definition) is 7. The van der Waals surface area contributed by atoms with Crippen molar-refractivity contribution < 1.29 is 19.4 Å². The number of ether oxygens (including phenoxy) is 1. The number of carbonyl (C=O) groups is 2. The van der Waals surface area contributed by atoms with E-state index in [4.69, 9.17) is 4.74 Å². The van der Waals surface area contributed by atoms with Gasteiger partial charge in [0.05, 0.1) is 5.69 Å². The van der Waals surface area contributed by atoms with Gasteiger partial charge < -0.3 is 24.2 Å². The summed E-state index contributed by atoms with van der Waals surface area (Å²) in [6, 6.07) is 0.